The van der Waals surface area contributed by atoms with Gasteiger partial charge in [0.25, 0.3) is 0 Å². The third-order valence-electron chi connectivity index (χ3n) is 0.877. The molecule has 0 aromatic carbocycles. The van der Waals surface area contributed by atoms with Crippen molar-refractivity contribution in [1.29, 1.82) is 0 Å². The van der Waals surface area contributed by atoms with Crippen LogP contribution in [0, 0.1) is 0 Å². The van der Waals surface area contributed by atoms with Gasteiger partial charge in [0, 0.05) is 0 Å². The molecule has 0 rings (SSSR count). The van der Waals surface area contributed by atoms with Crippen molar-refractivity contribution in [2.45, 2.75) is 18.8 Å². The Balaban J connectivity index is 0. The number of ketones is 1. The first-order chi connectivity index (χ1) is 4.50. The van der Waals surface area contributed by atoms with E-state index in [1.807, 2.05) is 0 Å². The van der Waals surface area contributed by atoms with Crippen molar-refractivity contribution in [2.24, 2.45) is 0 Å². The Hall–Kier alpha value is 0.860. The van der Waals surface area contributed by atoms with E-state index in [0.29, 0.717) is 0 Å². The Kier molecular flexibility index (Phi) is 8.35. The molecule has 0 spiro atoms. The summed E-state index contributed by atoms with van der Waals surface area (Å²) in [4.78, 5) is 8.75. The maximum atomic E-state index is 10.5. The molecule has 0 amide bonds. The molecule has 0 fully saturated rings. The van der Waals surface area contributed by atoms with Gasteiger partial charge in [-0.05, 0) is 13.8 Å². The summed E-state index contributed by atoms with van der Waals surface area (Å²) in [5, 5.41) is 21.2. The van der Waals surface area contributed by atoms with Gasteiger partial charge >= 0.3 is 29.6 Å². The smallest absolute Gasteiger partial charge is 0.691 e. The van der Waals surface area contributed by atoms with Crippen LogP contribution in [0.4, 0.5) is 0 Å². The standard InChI is InChI=1S/C4H8O5S.Na/c1-3(5)4(2,6)10-9-8-7;/h6-7H,1-2H3;/q;+1/p-1. The molecule has 11 heavy (non-hydrogen) atoms. The van der Waals surface area contributed by atoms with Crippen molar-refractivity contribution in [3.8, 4) is 0 Å². The Bertz CT molecular complexity index is 128. The van der Waals surface area contributed by atoms with Gasteiger partial charge in [-0.1, -0.05) is 0 Å². The van der Waals surface area contributed by atoms with Crippen LogP contribution in [-0.4, -0.2) is 15.8 Å². The number of hydrogen-bond acceptors (Lipinski definition) is 6. The molecule has 0 aromatic heterocycles. The molecule has 7 heteroatoms. The Morgan fingerprint density at radius 1 is 1.73 bits per heavy atom. The van der Waals surface area contributed by atoms with Gasteiger partial charge in [-0.15, -0.1) is 0 Å². The van der Waals surface area contributed by atoms with Crippen molar-refractivity contribution in [2.75, 3.05) is 0 Å². The number of carbonyl (C=O) groups is 1. The van der Waals surface area contributed by atoms with Crippen LogP contribution in [0.2, 0.25) is 0 Å². The van der Waals surface area contributed by atoms with E-state index in [2.05, 4.69) is 9.37 Å². The fourth-order valence-corrected chi connectivity index (χ4v) is 0.416. The molecular formula is C4H7NaO5S. The van der Waals surface area contributed by atoms with Gasteiger partial charge in [0.2, 0.25) is 0 Å². The van der Waals surface area contributed by atoms with Crippen LogP contribution >= 0.6 is 12.0 Å². The van der Waals surface area contributed by atoms with Crippen molar-refractivity contribution in [3.63, 3.8) is 0 Å². The van der Waals surface area contributed by atoms with Gasteiger partial charge in [0.05, 0.1) is 12.0 Å². The summed E-state index contributed by atoms with van der Waals surface area (Å²) >= 11 is 0.258. The Morgan fingerprint density at radius 3 is 2.45 bits per heavy atom. The van der Waals surface area contributed by atoms with Crippen LogP contribution in [0.5, 0.6) is 0 Å². The van der Waals surface area contributed by atoms with Crippen LogP contribution in [0.25, 0.3) is 0 Å². The first-order valence-corrected chi connectivity index (χ1v) is 3.12. The molecule has 5 nitrogen and oxygen atoms in total. The van der Waals surface area contributed by atoms with E-state index >= 15 is 0 Å². The molecule has 0 heterocycles. The summed E-state index contributed by atoms with van der Waals surface area (Å²) < 4.78 is 3.75. The van der Waals surface area contributed by atoms with E-state index in [-0.39, 0.29) is 41.6 Å². The molecule has 0 saturated heterocycles. The van der Waals surface area contributed by atoms with E-state index in [1.54, 1.807) is 0 Å². The molecular weight excluding hydrogens is 183 g/mol. The van der Waals surface area contributed by atoms with Gasteiger partial charge in [-0.3, -0.25) is 9.83 Å². The fourth-order valence-electron chi connectivity index (χ4n) is 0.139. The van der Waals surface area contributed by atoms with Crippen LogP contribution in [0.1, 0.15) is 13.8 Å². The summed E-state index contributed by atoms with van der Waals surface area (Å²) in [6.45, 7) is 2.36. The Labute approximate surface area is 90.4 Å². The molecule has 0 aromatic rings. The van der Waals surface area contributed by atoms with Gasteiger partial charge < -0.3 is 10.4 Å². The van der Waals surface area contributed by atoms with Crippen molar-refractivity contribution < 1.29 is 54.1 Å². The second-order valence-electron chi connectivity index (χ2n) is 1.76. The van der Waals surface area contributed by atoms with Crippen LogP contribution in [0.3, 0.4) is 0 Å². The van der Waals surface area contributed by atoms with Gasteiger partial charge in [0.1, 0.15) is 0 Å². The molecule has 60 valence electrons. The van der Waals surface area contributed by atoms with Crippen molar-refractivity contribution >= 4 is 17.8 Å². The quantitative estimate of drug-likeness (QED) is 0.161. The molecule has 1 N–H and O–H groups in total. The molecule has 0 radical (unpaired) electrons. The van der Waals surface area contributed by atoms with Crippen LogP contribution < -0.4 is 34.8 Å². The number of carbonyl (C=O) groups excluding carboxylic acids is 1. The average Bonchev–Trinajstić information content (AvgIpc) is 1.84. The van der Waals surface area contributed by atoms with Crippen molar-refractivity contribution in [1.82, 2.24) is 0 Å². The van der Waals surface area contributed by atoms with E-state index in [0.717, 1.165) is 0 Å². The largest absolute Gasteiger partial charge is 1.00 e. The van der Waals surface area contributed by atoms with Crippen LogP contribution in [0.15, 0.2) is 0 Å². The second-order valence-corrected chi connectivity index (χ2v) is 2.86. The molecule has 0 aliphatic heterocycles. The SMILES string of the molecule is CC(=O)C(C)(O)SOO[O-].[Na+]. The molecule has 0 saturated carbocycles. The molecule has 0 aliphatic rings. The molecule has 0 bridgehead atoms. The molecule has 1 atom stereocenters. The zero-order valence-electron chi connectivity index (χ0n) is 6.49. The maximum Gasteiger partial charge on any atom is 1.00 e. The van der Waals surface area contributed by atoms with E-state index < -0.39 is 10.7 Å². The first kappa shape index (κ1) is 14.4. The number of Topliss-reactive ketones (excluding diaryl/α,β-unsaturated/α-hetero) is 1. The van der Waals surface area contributed by atoms with Gasteiger partial charge in [-0.25, -0.2) is 0 Å². The summed E-state index contributed by atoms with van der Waals surface area (Å²) in [5.74, 6) is -0.519. The third kappa shape index (κ3) is 6.06. The monoisotopic (exact) mass is 190 g/mol. The predicted octanol–water partition coefficient (Wildman–Crippen LogP) is -3.84. The Morgan fingerprint density at radius 2 is 2.18 bits per heavy atom. The topological polar surface area (TPSA) is 78.8 Å². The summed E-state index contributed by atoms with van der Waals surface area (Å²) in [6, 6.07) is 0. The minimum absolute atomic E-state index is 0. The minimum atomic E-state index is -1.72. The van der Waals surface area contributed by atoms with E-state index in [9.17, 15) is 10.1 Å². The van der Waals surface area contributed by atoms with Gasteiger partial charge in [-0.2, -0.15) is 4.33 Å². The summed E-state index contributed by atoms with van der Waals surface area (Å²) in [5.41, 5.74) is 0. The van der Waals surface area contributed by atoms with Crippen molar-refractivity contribution in [3.05, 3.63) is 0 Å². The van der Waals surface area contributed by atoms with E-state index in [1.165, 1.54) is 13.8 Å². The van der Waals surface area contributed by atoms with Gasteiger partial charge in [0.15, 0.2) is 10.7 Å². The predicted molar refractivity (Wildman–Crippen MR) is 31.1 cm³/mol. The first-order valence-electron chi connectivity index (χ1n) is 2.38. The zero-order chi connectivity index (χ0) is 8.20. The number of hydrogen-bond donors (Lipinski definition) is 1. The average molecular weight is 190 g/mol. The number of aliphatic hydroxyl groups is 1. The van der Waals surface area contributed by atoms with Crippen LogP contribution in [-0.2, 0) is 14.2 Å². The normalized spacial score (nSPS) is 14.9. The van der Waals surface area contributed by atoms with E-state index in [4.69, 9.17) is 5.11 Å². The molecule has 1 unspecified atom stereocenters. The third-order valence-corrected chi connectivity index (χ3v) is 1.61. The zero-order valence-corrected chi connectivity index (χ0v) is 9.30. The minimum Gasteiger partial charge on any atom is -0.691 e. The molecule has 0 aliphatic carbocycles. The second kappa shape index (κ2) is 6.38. The summed E-state index contributed by atoms with van der Waals surface area (Å²) in [7, 11) is 0. The number of rotatable bonds is 4. The summed E-state index contributed by atoms with van der Waals surface area (Å²) in [6.07, 6.45) is 0. The maximum absolute atomic E-state index is 10.5. The fraction of sp³-hybridized carbons (Fsp3) is 0.750.